The van der Waals surface area contributed by atoms with Crippen LogP contribution in [0.4, 0.5) is 0 Å². The molecule has 6 nitrogen and oxygen atoms in total. The van der Waals surface area contributed by atoms with Crippen molar-refractivity contribution in [2.24, 2.45) is 11.1 Å². The van der Waals surface area contributed by atoms with Gasteiger partial charge in [0.05, 0.1) is 12.2 Å². The molecular weight excluding hydrogens is 290 g/mol. The standard InChI is InChI=1S/C14H23N3O3S/c1-8-12(13(19)20)21-11(17-8)7-16-10(18)5-9(15)6-14(2,3)4/h9H,5-7,15H2,1-4H3,(H,16,18)(H,19,20). The number of nitrogens with zero attached hydrogens (tertiary/aromatic N) is 1. The molecule has 1 aromatic heterocycles. The Hall–Kier alpha value is -1.47. The summed E-state index contributed by atoms with van der Waals surface area (Å²) >= 11 is 1.08. The zero-order chi connectivity index (χ0) is 16.2. The fourth-order valence-electron chi connectivity index (χ4n) is 2.07. The average Bonchev–Trinajstić information content (AvgIpc) is 2.65. The largest absolute Gasteiger partial charge is 0.477 e. The number of hydrogen-bond acceptors (Lipinski definition) is 5. The number of carbonyl (C=O) groups is 2. The molecule has 21 heavy (non-hydrogen) atoms. The quantitative estimate of drug-likeness (QED) is 0.744. The highest BCUT2D eigenvalue weighted by Crippen LogP contribution is 2.21. The summed E-state index contributed by atoms with van der Waals surface area (Å²) in [5.41, 5.74) is 6.51. The zero-order valence-electron chi connectivity index (χ0n) is 12.9. The molecule has 0 aliphatic rings. The van der Waals surface area contributed by atoms with Crippen molar-refractivity contribution in [1.29, 1.82) is 0 Å². The highest BCUT2D eigenvalue weighted by molar-refractivity contribution is 7.13. The van der Waals surface area contributed by atoms with Crippen molar-refractivity contribution in [2.45, 2.75) is 53.1 Å². The number of aryl methyl sites for hydroxylation is 1. The molecule has 0 fully saturated rings. The normalized spacial score (nSPS) is 13.0. The number of aromatic nitrogens is 1. The van der Waals surface area contributed by atoms with Gasteiger partial charge in [-0.3, -0.25) is 4.79 Å². The molecule has 0 spiro atoms. The number of thiazole rings is 1. The molecule has 1 heterocycles. The van der Waals surface area contributed by atoms with Crippen LogP contribution in [0.1, 0.15) is 54.0 Å². The predicted octanol–water partition coefficient (Wildman–Crippen LogP) is 1.92. The first-order valence-corrected chi connectivity index (χ1v) is 7.62. The van der Waals surface area contributed by atoms with Crippen molar-refractivity contribution < 1.29 is 14.7 Å². The van der Waals surface area contributed by atoms with Gasteiger partial charge in [-0.2, -0.15) is 0 Å². The number of nitrogens with two attached hydrogens (primary N) is 1. The molecule has 0 radical (unpaired) electrons. The summed E-state index contributed by atoms with van der Waals surface area (Å²) in [7, 11) is 0. The van der Waals surface area contributed by atoms with E-state index in [0.717, 1.165) is 17.8 Å². The maximum Gasteiger partial charge on any atom is 0.347 e. The molecule has 0 bridgehead atoms. The third kappa shape index (κ3) is 6.22. The molecule has 0 aliphatic heterocycles. The molecule has 1 aromatic rings. The molecule has 4 N–H and O–H groups in total. The Kier molecular flexibility index (Phi) is 5.86. The van der Waals surface area contributed by atoms with Gasteiger partial charge in [-0.15, -0.1) is 11.3 Å². The summed E-state index contributed by atoms with van der Waals surface area (Å²) < 4.78 is 0. The van der Waals surface area contributed by atoms with Crippen molar-refractivity contribution >= 4 is 23.2 Å². The van der Waals surface area contributed by atoms with Crippen LogP contribution in [0.3, 0.4) is 0 Å². The number of nitrogens with one attached hydrogen (secondary N) is 1. The Bertz CT molecular complexity index is 520. The molecule has 1 rings (SSSR count). The summed E-state index contributed by atoms with van der Waals surface area (Å²) in [5, 5.41) is 12.3. The van der Waals surface area contributed by atoms with Gasteiger partial charge in [-0.05, 0) is 18.8 Å². The Morgan fingerprint density at radius 2 is 2.05 bits per heavy atom. The van der Waals surface area contributed by atoms with Crippen LogP contribution in [-0.2, 0) is 11.3 Å². The minimum absolute atomic E-state index is 0.0858. The van der Waals surface area contributed by atoms with E-state index in [-0.39, 0.29) is 35.2 Å². The first-order valence-electron chi connectivity index (χ1n) is 6.80. The van der Waals surface area contributed by atoms with E-state index in [2.05, 4.69) is 31.1 Å². The number of rotatable bonds is 6. The Balaban J connectivity index is 2.46. The molecule has 118 valence electrons. The SMILES string of the molecule is Cc1nc(CNC(=O)CC(N)CC(C)(C)C)sc1C(=O)O. The van der Waals surface area contributed by atoms with Gasteiger partial charge in [-0.25, -0.2) is 9.78 Å². The second kappa shape index (κ2) is 7.00. The van der Waals surface area contributed by atoms with Crippen LogP contribution in [0.15, 0.2) is 0 Å². The molecule has 0 saturated carbocycles. The minimum atomic E-state index is -0.991. The van der Waals surface area contributed by atoms with Gasteiger partial charge in [0.15, 0.2) is 0 Å². The van der Waals surface area contributed by atoms with Gasteiger partial charge in [0, 0.05) is 12.5 Å². The van der Waals surface area contributed by atoms with E-state index >= 15 is 0 Å². The van der Waals surface area contributed by atoms with Crippen LogP contribution < -0.4 is 11.1 Å². The number of carboxylic acids is 1. The molecule has 1 amide bonds. The lowest BCUT2D eigenvalue weighted by Crippen LogP contribution is -2.33. The first-order chi connectivity index (χ1) is 9.58. The van der Waals surface area contributed by atoms with E-state index in [1.165, 1.54) is 0 Å². The Labute approximate surface area is 128 Å². The number of aromatic carboxylic acids is 1. The van der Waals surface area contributed by atoms with Crippen molar-refractivity contribution in [2.75, 3.05) is 0 Å². The maximum atomic E-state index is 11.8. The van der Waals surface area contributed by atoms with E-state index in [1.54, 1.807) is 6.92 Å². The molecule has 0 aliphatic carbocycles. The molecular formula is C14H23N3O3S. The number of carboxylic acid groups (broad SMARTS) is 1. The fraction of sp³-hybridized carbons (Fsp3) is 0.643. The van der Waals surface area contributed by atoms with Gasteiger partial charge in [-0.1, -0.05) is 20.8 Å². The summed E-state index contributed by atoms with van der Waals surface area (Å²) in [6, 6.07) is -0.183. The van der Waals surface area contributed by atoms with Crippen LogP contribution in [0.5, 0.6) is 0 Å². The highest BCUT2D eigenvalue weighted by atomic mass is 32.1. The Morgan fingerprint density at radius 1 is 1.43 bits per heavy atom. The third-order valence-electron chi connectivity index (χ3n) is 2.79. The highest BCUT2D eigenvalue weighted by Gasteiger charge is 2.19. The van der Waals surface area contributed by atoms with Crippen LogP contribution in [0.2, 0.25) is 0 Å². The van der Waals surface area contributed by atoms with Gasteiger partial charge in [0.1, 0.15) is 9.88 Å². The molecule has 1 atom stereocenters. The van der Waals surface area contributed by atoms with Gasteiger partial charge in [0.25, 0.3) is 0 Å². The zero-order valence-corrected chi connectivity index (χ0v) is 13.7. The third-order valence-corrected chi connectivity index (χ3v) is 3.94. The first kappa shape index (κ1) is 17.6. The van der Waals surface area contributed by atoms with E-state index in [4.69, 9.17) is 10.8 Å². The van der Waals surface area contributed by atoms with Crippen molar-refractivity contribution in [1.82, 2.24) is 10.3 Å². The lowest BCUT2D eigenvalue weighted by molar-refractivity contribution is -0.121. The lowest BCUT2D eigenvalue weighted by Gasteiger charge is -2.22. The summed E-state index contributed by atoms with van der Waals surface area (Å²) in [6.07, 6.45) is 1.02. The monoisotopic (exact) mass is 313 g/mol. The summed E-state index contributed by atoms with van der Waals surface area (Å²) in [4.78, 5) is 27.1. The van der Waals surface area contributed by atoms with Crippen molar-refractivity contribution in [3.63, 3.8) is 0 Å². The summed E-state index contributed by atoms with van der Waals surface area (Å²) in [5.74, 6) is -1.13. The molecule has 0 saturated heterocycles. The van der Waals surface area contributed by atoms with E-state index < -0.39 is 5.97 Å². The van der Waals surface area contributed by atoms with Crippen LogP contribution in [0.25, 0.3) is 0 Å². The van der Waals surface area contributed by atoms with E-state index in [9.17, 15) is 9.59 Å². The van der Waals surface area contributed by atoms with Gasteiger partial charge < -0.3 is 16.2 Å². The average molecular weight is 313 g/mol. The van der Waals surface area contributed by atoms with Crippen LogP contribution in [0, 0.1) is 12.3 Å². The smallest absolute Gasteiger partial charge is 0.347 e. The van der Waals surface area contributed by atoms with E-state index in [1.807, 2.05) is 0 Å². The van der Waals surface area contributed by atoms with Crippen molar-refractivity contribution in [3.05, 3.63) is 15.6 Å². The number of carbonyl (C=O) groups excluding carboxylic acids is 1. The lowest BCUT2D eigenvalue weighted by atomic mass is 9.87. The second-order valence-corrected chi connectivity index (χ2v) is 7.42. The molecule has 1 unspecified atom stereocenters. The summed E-state index contributed by atoms with van der Waals surface area (Å²) in [6.45, 7) is 8.12. The number of amides is 1. The second-order valence-electron chi connectivity index (χ2n) is 6.33. The predicted molar refractivity (Wildman–Crippen MR) is 82.3 cm³/mol. The van der Waals surface area contributed by atoms with Crippen LogP contribution in [-0.4, -0.2) is 28.0 Å². The Morgan fingerprint density at radius 3 is 2.52 bits per heavy atom. The molecule has 0 aromatic carbocycles. The fourth-order valence-corrected chi connectivity index (χ4v) is 2.91. The topological polar surface area (TPSA) is 105 Å². The van der Waals surface area contributed by atoms with Crippen LogP contribution >= 0.6 is 11.3 Å². The van der Waals surface area contributed by atoms with E-state index in [0.29, 0.717) is 10.7 Å². The maximum absolute atomic E-state index is 11.8. The van der Waals surface area contributed by atoms with Gasteiger partial charge in [0.2, 0.25) is 5.91 Å². The molecule has 7 heteroatoms. The minimum Gasteiger partial charge on any atom is -0.477 e. The number of hydrogen-bond donors (Lipinski definition) is 3. The van der Waals surface area contributed by atoms with Crippen molar-refractivity contribution in [3.8, 4) is 0 Å². The van der Waals surface area contributed by atoms with Gasteiger partial charge >= 0.3 is 5.97 Å².